The van der Waals surface area contributed by atoms with Gasteiger partial charge in [0.15, 0.2) is 11.5 Å². The highest BCUT2D eigenvalue weighted by Crippen LogP contribution is 2.22. The molecule has 0 aliphatic heterocycles. The van der Waals surface area contributed by atoms with Gasteiger partial charge in [-0.05, 0) is 30.9 Å². The minimum absolute atomic E-state index is 0.240. The van der Waals surface area contributed by atoms with Crippen LogP contribution in [0.15, 0.2) is 66.9 Å². The van der Waals surface area contributed by atoms with Crippen LogP contribution in [0.4, 0.5) is 0 Å². The van der Waals surface area contributed by atoms with Crippen LogP contribution in [0, 0.1) is 0 Å². The number of ether oxygens (including phenoxy) is 1. The van der Waals surface area contributed by atoms with Gasteiger partial charge in [-0.2, -0.15) is 0 Å². The number of carbonyl (C=O) groups is 1. The molecule has 1 amide bonds. The molecule has 2 heterocycles. The first-order chi connectivity index (χ1) is 14.4. The lowest BCUT2D eigenvalue weighted by atomic mass is 10.1. The molecular weight excluding hydrogens is 378 g/mol. The van der Waals surface area contributed by atoms with Crippen molar-refractivity contribution in [3.8, 4) is 0 Å². The van der Waals surface area contributed by atoms with E-state index in [1.54, 1.807) is 13.8 Å². The largest absolute Gasteiger partial charge is 0.374 e. The minimum atomic E-state index is -1.02. The van der Waals surface area contributed by atoms with Crippen molar-refractivity contribution < 1.29 is 9.53 Å². The van der Waals surface area contributed by atoms with Crippen molar-refractivity contribution in [3.63, 3.8) is 0 Å². The van der Waals surface area contributed by atoms with Crippen molar-refractivity contribution in [3.05, 3.63) is 78.2 Å². The van der Waals surface area contributed by atoms with E-state index in [4.69, 9.17) is 10.5 Å². The SMILES string of the molecule is CC(C)(N)C(=O)N[C@H](COCc1ccccc1)c1nnc2c3ccccc3ccn12. The van der Waals surface area contributed by atoms with Crippen LogP contribution in [-0.2, 0) is 16.1 Å². The molecule has 30 heavy (non-hydrogen) atoms. The van der Waals surface area contributed by atoms with Crippen molar-refractivity contribution in [2.75, 3.05) is 6.61 Å². The molecule has 0 spiro atoms. The van der Waals surface area contributed by atoms with Gasteiger partial charge in [-0.1, -0.05) is 54.6 Å². The summed E-state index contributed by atoms with van der Waals surface area (Å²) < 4.78 is 7.81. The summed E-state index contributed by atoms with van der Waals surface area (Å²) in [5.74, 6) is 0.315. The standard InChI is InChI=1S/C23H25N5O2/c1-23(2,24)22(29)25-19(15-30-14-16-8-4-3-5-9-16)21-27-26-20-18-11-7-6-10-17(18)12-13-28(20)21/h3-13,19H,14-15,24H2,1-2H3,(H,25,29)/t19-/m1/s1. The molecule has 2 aromatic carbocycles. The Morgan fingerprint density at radius 1 is 1.10 bits per heavy atom. The molecule has 0 saturated heterocycles. The summed E-state index contributed by atoms with van der Waals surface area (Å²) in [6.45, 7) is 4.00. The maximum atomic E-state index is 12.6. The average molecular weight is 403 g/mol. The third-order valence-corrected chi connectivity index (χ3v) is 4.93. The number of fused-ring (bicyclic) bond motifs is 3. The van der Waals surface area contributed by atoms with Crippen LogP contribution in [0.1, 0.15) is 31.3 Å². The monoisotopic (exact) mass is 403 g/mol. The second kappa shape index (κ2) is 8.22. The van der Waals surface area contributed by atoms with Gasteiger partial charge in [-0.15, -0.1) is 10.2 Å². The first-order valence-electron chi connectivity index (χ1n) is 9.87. The Bertz CT molecular complexity index is 1160. The van der Waals surface area contributed by atoms with Gasteiger partial charge in [0.25, 0.3) is 0 Å². The van der Waals surface area contributed by atoms with Crippen molar-refractivity contribution in [1.29, 1.82) is 0 Å². The van der Waals surface area contributed by atoms with Gasteiger partial charge in [-0.3, -0.25) is 9.20 Å². The Balaban J connectivity index is 1.64. The summed E-state index contributed by atoms with van der Waals surface area (Å²) in [6, 6.07) is 19.4. The molecule has 3 N–H and O–H groups in total. The molecule has 7 nitrogen and oxygen atoms in total. The molecule has 0 saturated carbocycles. The highest BCUT2D eigenvalue weighted by Gasteiger charge is 2.28. The second-order valence-electron chi connectivity index (χ2n) is 7.90. The molecule has 0 bridgehead atoms. The summed E-state index contributed by atoms with van der Waals surface area (Å²) in [5, 5.41) is 13.8. The Hall–Kier alpha value is -3.29. The van der Waals surface area contributed by atoms with E-state index in [1.165, 1.54) is 0 Å². The maximum absolute atomic E-state index is 12.6. The summed E-state index contributed by atoms with van der Waals surface area (Å²) in [6.07, 6.45) is 1.91. The van der Waals surface area contributed by atoms with Gasteiger partial charge in [0.1, 0.15) is 6.04 Å². The lowest BCUT2D eigenvalue weighted by Crippen LogP contribution is -2.50. The number of amides is 1. The molecule has 0 unspecified atom stereocenters. The van der Waals surface area contributed by atoms with Crippen molar-refractivity contribution in [2.24, 2.45) is 5.73 Å². The molecule has 0 radical (unpaired) electrons. The van der Waals surface area contributed by atoms with E-state index in [1.807, 2.05) is 71.3 Å². The molecule has 4 aromatic rings. The van der Waals surface area contributed by atoms with E-state index in [-0.39, 0.29) is 12.5 Å². The normalized spacial score (nSPS) is 12.9. The number of pyridine rings is 1. The third kappa shape index (κ3) is 4.17. The fourth-order valence-corrected chi connectivity index (χ4v) is 3.27. The van der Waals surface area contributed by atoms with Crippen LogP contribution >= 0.6 is 0 Å². The minimum Gasteiger partial charge on any atom is -0.374 e. The van der Waals surface area contributed by atoms with Crippen molar-refractivity contribution in [1.82, 2.24) is 19.9 Å². The van der Waals surface area contributed by atoms with Crippen LogP contribution in [0.25, 0.3) is 16.4 Å². The molecule has 154 valence electrons. The number of hydrogen-bond acceptors (Lipinski definition) is 5. The molecule has 1 atom stereocenters. The quantitative estimate of drug-likeness (QED) is 0.495. The lowest BCUT2D eigenvalue weighted by Gasteiger charge is -2.23. The van der Waals surface area contributed by atoms with E-state index in [2.05, 4.69) is 15.5 Å². The highest BCUT2D eigenvalue weighted by molar-refractivity contribution is 5.93. The molecule has 7 heteroatoms. The molecule has 2 aromatic heterocycles. The van der Waals surface area contributed by atoms with Crippen LogP contribution < -0.4 is 11.1 Å². The molecule has 0 aliphatic rings. The molecule has 4 rings (SSSR count). The number of carbonyl (C=O) groups excluding carboxylic acids is 1. The van der Waals surface area contributed by atoms with Crippen molar-refractivity contribution in [2.45, 2.75) is 32.0 Å². The molecule has 0 aliphatic carbocycles. The lowest BCUT2D eigenvalue weighted by molar-refractivity contribution is -0.126. The summed E-state index contributed by atoms with van der Waals surface area (Å²) in [5.41, 5.74) is 6.76. The van der Waals surface area contributed by atoms with Gasteiger partial charge in [0.05, 0.1) is 18.8 Å². The smallest absolute Gasteiger partial charge is 0.240 e. The fraction of sp³-hybridized carbons (Fsp3) is 0.261. The number of aromatic nitrogens is 3. The van der Waals surface area contributed by atoms with Crippen molar-refractivity contribution >= 4 is 22.3 Å². The topological polar surface area (TPSA) is 94.5 Å². The molecular formula is C23H25N5O2. The Labute approximate surface area is 174 Å². The van der Waals surface area contributed by atoms with Gasteiger partial charge in [-0.25, -0.2) is 0 Å². The fourth-order valence-electron chi connectivity index (χ4n) is 3.27. The third-order valence-electron chi connectivity index (χ3n) is 4.93. The molecule has 0 fully saturated rings. The summed E-state index contributed by atoms with van der Waals surface area (Å²) >= 11 is 0. The maximum Gasteiger partial charge on any atom is 0.240 e. The average Bonchev–Trinajstić information content (AvgIpc) is 3.17. The van der Waals surface area contributed by atoms with Crippen LogP contribution in [-0.4, -0.2) is 32.7 Å². The Morgan fingerprint density at radius 2 is 1.83 bits per heavy atom. The number of nitrogens with zero attached hydrogens (tertiary/aromatic N) is 3. The highest BCUT2D eigenvalue weighted by atomic mass is 16.5. The first kappa shape index (κ1) is 20.0. The number of nitrogens with two attached hydrogens (primary N) is 1. The van der Waals surface area contributed by atoms with E-state index in [0.717, 1.165) is 22.0 Å². The summed E-state index contributed by atoms with van der Waals surface area (Å²) in [7, 11) is 0. The van der Waals surface area contributed by atoms with Crippen LogP contribution in [0.2, 0.25) is 0 Å². The zero-order valence-corrected chi connectivity index (χ0v) is 17.1. The Morgan fingerprint density at radius 3 is 2.60 bits per heavy atom. The van der Waals surface area contributed by atoms with E-state index < -0.39 is 11.6 Å². The zero-order chi connectivity index (χ0) is 21.1. The summed E-state index contributed by atoms with van der Waals surface area (Å²) in [4.78, 5) is 12.6. The number of hydrogen-bond donors (Lipinski definition) is 2. The first-order valence-corrected chi connectivity index (χ1v) is 9.87. The Kier molecular flexibility index (Phi) is 5.48. The van der Waals surface area contributed by atoms with Gasteiger partial charge in [0, 0.05) is 11.6 Å². The van der Waals surface area contributed by atoms with Crippen LogP contribution in [0.5, 0.6) is 0 Å². The zero-order valence-electron chi connectivity index (χ0n) is 17.1. The predicted molar refractivity (Wildman–Crippen MR) is 116 cm³/mol. The second-order valence-corrected chi connectivity index (χ2v) is 7.90. The predicted octanol–water partition coefficient (Wildman–Crippen LogP) is 2.99. The van der Waals surface area contributed by atoms with Gasteiger partial charge < -0.3 is 15.8 Å². The van der Waals surface area contributed by atoms with Crippen LogP contribution in [0.3, 0.4) is 0 Å². The van der Waals surface area contributed by atoms with Gasteiger partial charge >= 0.3 is 0 Å². The van der Waals surface area contributed by atoms with E-state index in [9.17, 15) is 4.79 Å². The van der Waals surface area contributed by atoms with E-state index in [0.29, 0.717) is 12.4 Å². The van der Waals surface area contributed by atoms with E-state index >= 15 is 0 Å². The number of rotatable bonds is 7. The number of benzene rings is 2. The number of nitrogens with one attached hydrogen (secondary N) is 1. The van der Waals surface area contributed by atoms with Gasteiger partial charge in [0.2, 0.25) is 5.91 Å².